The fourth-order valence-electron chi connectivity index (χ4n) is 3.07. The van der Waals surface area contributed by atoms with Crippen LogP contribution in [-0.2, 0) is 20.9 Å². The number of benzene rings is 2. The first kappa shape index (κ1) is 21.6. The van der Waals surface area contributed by atoms with Gasteiger partial charge in [0, 0.05) is 18.4 Å². The molecule has 1 aliphatic rings. The summed E-state index contributed by atoms with van der Waals surface area (Å²) in [5.74, 6) is 0.0332. The molecule has 2 N–H and O–H groups in total. The Morgan fingerprint density at radius 2 is 1.73 bits per heavy atom. The van der Waals surface area contributed by atoms with E-state index in [0.29, 0.717) is 33.2 Å². The monoisotopic (exact) mass is 426 g/mol. The quantitative estimate of drug-likeness (QED) is 0.630. The normalized spacial score (nSPS) is 13.8. The zero-order chi connectivity index (χ0) is 21.7. The zero-order valence-electron chi connectivity index (χ0n) is 16.7. The minimum absolute atomic E-state index is 0.108. The molecular formula is C22H22N2O5S. The average Bonchev–Trinajstić information content (AvgIpc) is 2.97. The van der Waals surface area contributed by atoms with Crippen molar-refractivity contribution in [2.24, 2.45) is 0 Å². The van der Waals surface area contributed by atoms with Crippen LogP contribution in [0.25, 0.3) is 5.57 Å². The van der Waals surface area contributed by atoms with Crippen LogP contribution in [0.1, 0.15) is 18.1 Å². The number of amides is 3. The molecule has 0 atom stereocenters. The van der Waals surface area contributed by atoms with Gasteiger partial charge >= 0.3 is 0 Å². The van der Waals surface area contributed by atoms with Crippen molar-refractivity contribution in [3.05, 3.63) is 64.6 Å². The molecule has 2 aromatic carbocycles. The number of methoxy groups -OCH3 is 1. The number of carbonyl (C=O) groups excluding carboxylic acids is 3. The lowest BCUT2D eigenvalue weighted by atomic mass is 10.1. The van der Waals surface area contributed by atoms with Crippen LogP contribution in [0.3, 0.4) is 0 Å². The summed E-state index contributed by atoms with van der Waals surface area (Å²) in [6, 6.07) is 13.9. The Balaban J connectivity index is 1.89. The summed E-state index contributed by atoms with van der Waals surface area (Å²) in [7, 11) is 1.57. The smallest absolute Gasteiger partial charge is 0.268 e. The molecule has 30 heavy (non-hydrogen) atoms. The van der Waals surface area contributed by atoms with Gasteiger partial charge in [-0.15, -0.1) is 11.8 Å². The summed E-state index contributed by atoms with van der Waals surface area (Å²) in [4.78, 5) is 38.9. The molecule has 7 nitrogen and oxygen atoms in total. The summed E-state index contributed by atoms with van der Waals surface area (Å²) in [6.45, 7) is 1.44. The molecule has 0 fully saturated rings. The number of carbonyl (C=O) groups is 3. The van der Waals surface area contributed by atoms with Crippen molar-refractivity contribution in [3.63, 3.8) is 0 Å². The highest BCUT2D eigenvalue weighted by Gasteiger charge is 2.39. The Labute approximate surface area is 178 Å². The molecule has 2 aromatic rings. The largest absolute Gasteiger partial charge is 0.497 e. The minimum Gasteiger partial charge on any atom is -0.497 e. The second kappa shape index (κ2) is 9.60. The molecule has 0 unspecified atom stereocenters. The van der Waals surface area contributed by atoms with Gasteiger partial charge in [0.25, 0.3) is 11.8 Å². The highest BCUT2D eigenvalue weighted by Crippen LogP contribution is 2.37. The molecule has 0 spiro atoms. The Morgan fingerprint density at radius 3 is 2.30 bits per heavy atom. The predicted molar refractivity (Wildman–Crippen MR) is 116 cm³/mol. The van der Waals surface area contributed by atoms with E-state index in [1.54, 1.807) is 55.6 Å². The molecule has 8 heteroatoms. The first-order chi connectivity index (χ1) is 14.4. The number of nitrogens with one attached hydrogen (secondary N) is 1. The molecule has 1 aliphatic heterocycles. The number of aliphatic hydroxyl groups is 1. The molecule has 0 aliphatic carbocycles. The second-order valence-corrected chi connectivity index (χ2v) is 7.68. The SMILES string of the molecule is COc1ccc(CN2C(=O)C(SCCO)=C(c3ccc(NC(C)=O)cc3)C2=O)cc1. The number of hydrogen-bond acceptors (Lipinski definition) is 6. The van der Waals surface area contributed by atoms with Gasteiger partial charge in [0.05, 0.1) is 30.7 Å². The van der Waals surface area contributed by atoms with Crippen molar-refractivity contribution in [1.82, 2.24) is 4.90 Å². The van der Waals surface area contributed by atoms with E-state index in [1.807, 2.05) is 0 Å². The Morgan fingerprint density at radius 1 is 1.07 bits per heavy atom. The maximum Gasteiger partial charge on any atom is 0.268 e. The molecule has 0 aromatic heterocycles. The van der Waals surface area contributed by atoms with Gasteiger partial charge in [-0.2, -0.15) is 0 Å². The van der Waals surface area contributed by atoms with Gasteiger partial charge < -0.3 is 15.2 Å². The van der Waals surface area contributed by atoms with Crippen molar-refractivity contribution in [2.75, 3.05) is 24.8 Å². The molecule has 1 heterocycles. The van der Waals surface area contributed by atoms with E-state index in [4.69, 9.17) is 4.74 Å². The molecule has 0 bridgehead atoms. The number of ether oxygens (including phenoxy) is 1. The average molecular weight is 426 g/mol. The van der Waals surface area contributed by atoms with Gasteiger partial charge in [0.15, 0.2) is 0 Å². The van der Waals surface area contributed by atoms with Crippen LogP contribution < -0.4 is 10.1 Å². The standard InChI is InChI=1S/C22H22N2O5S/c1-14(26)23-17-7-5-16(6-8-17)19-20(30-12-11-25)22(28)24(21(19)27)13-15-3-9-18(29-2)10-4-15/h3-10,25H,11-13H2,1-2H3,(H,23,26). The number of rotatable bonds is 8. The van der Waals surface area contributed by atoms with Gasteiger partial charge in [0.1, 0.15) is 5.75 Å². The van der Waals surface area contributed by atoms with E-state index in [2.05, 4.69) is 5.32 Å². The summed E-state index contributed by atoms with van der Waals surface area (Å²) in [5, 5.41) is 11.9. The number of aliphatic hydroxyl groups excluding tert-OH is 1. The Kier molecular flexibility index (Phi) is 6.91. The van der Waals surface area contributed by atoms with Crippen molar-refractivity contribution >= 4 is 40.7 Å². The number of imide groups is 1. The van der Waals surface area contributed by atoms with Crippen LogP contribution in [0, 0.1) is 0 Å². The van der Waals surface area contributed by atoms with Crippen molar-refractivity contribution in [3.8, 4) is 5.75 Å². The number of thioether (sulfide) groups is 1. The van der Waals surface area contributed by atoms with Gasteiger partial charge in [-0.3, -0.25) is 19.3 Å². The fourth-order valence-corrected chi connectivity index (χ4v) is 3.95. The van der Waals surface area contributed by atoms with Crippen molar-refractivity contribution in [2.45, 2.75) is 13.5 Å². The summed E-state index contributed by atoms with van der Waals surface area (Å²) in [6.07, 6.45) is 0. The Bertz CT molecular complexity index is 984. The van der Waals surface area contributed by atoms with Crippen LogP contribution in [0.2, 0.25) is 0 Å². The van der Waals surface area contributed by atoms with Crippen molar-refractivity contribution in [1.29, 1.82) is 0 Å². The van der Waals surface area contributed by atoms with E-state index < -0.39 is 0 Å². The van der Waals surface area contributed by atoms with E-state index in [0.717, 1.165) is 17.3 Å². The number of anilines is 1. The van der Waals surface area contributed by atoms with Gasteiger partial charge in [-0.1, -0.05) is 24.3 Å². The molecule has 0 radical (unpaired) electrons. The predicted octanol–water partition coefficient (Wildman–Crippen LogP) is 2.66. The van der Waals surface area contributed by atoms with Gasteiger partial charge in [-0.25, -0.2) is 0 Å². The van der Waals surface area contributed by atoms with Crippen LogP contribution in [0.15, 0.2) is 53.4 Å². The molecular weight excluding hydrogens is 404 g/mol. The zero-order valence-corrected chi connectivity index (χ0v) is 17.5. The maximum atomic E-state index is 13.2. The summed E-state index contributed by atoms with van der Waals surface area (Å²) >= 11 is 1.16. The van der Waals surface area contributed by atoms with Crippen LogP contribution >= 0.6 is 11.8 Å². The second-order valence-electron chi connectivity index (χ2n) is 6.58. The summed E-state index contributed by atoms with van der Waals surface area (Å²) < 4.78 is 5.14. The third-order valence-electron chi connectivity index (χ3n) is 4.46. The van der Waals surface area contributed by atoms with Crippen LogP contribution in [-0.4, -0.2) is 47.2 Å². The van der Waals surface area contributed by atoms with Crippen molar-refractivity contribution < 1.29 is 24.2 Å². The highest BCUT2D eigenvalue weighted by atomic mass is 32.2. The molecule has 0 saturated carbocycles. The fraction of sp³-hybridized carbons (Fsp3) is 0.227. The third kappa shape index (κ3) is 4.72. The van der Waals surface area contributed by atoms with E-state index in [9.17, 15) is 19.5 Å². The number of hydrogen-bond donors (Lipinski definition) is 2. The maximum absolute atomic E-state index is 13.2. The molecule has 3 rings (SSSR count). The topological polar surface area (TPSA) is 95.9 Å². The van der Waals surface area contributed by atoms with E-state index >= 15 is 0 Å². The molecule has 0 saturated heterocycles. The van der Waals surface area contributed by atoms with Crippen LogP contribution in [0.4, 0.5) is 5.69 Å². The Hall–Kier alpha value is -3.10. The van der Waals surface area contributed by atoms with E-state index in [-0.39, 0.29) is 30.9 Å². The van der Waals surface area contributed by atoms with Gasteiger partial charge in [-0.05, 0) is 35.4 Å². The number of nitrogens with zero attached hydrogens (tertiary/aromatic N) is 1. The van der Waals surface area contributed by atoms with E-state index in [1.165, 1.54) is 11.8 Å². The first-order valence-electron chi connectivity index (χ1n) is 9.29. The molecule has 3 amide bonds. The lowest BCUT2D eigenvalue weighted by molar-refractivity contribution is -0.137. The summed E-state index contributed by atoms with van der Waals surface area (Å²) in [5.41, 5.74) is 2.29. The highest BCUT2D eigenvalue weighted by molar-refractivity contribution is 8.04. The van der Waals surface area contributed by atoms with Crippen LogP contribution in [0.5, 0.6) is 5.75 Å². The van der Waals surface area contributed by atoms with Gasteiger partial charge in [0.2, 0.25) is 5.91 Å². The third-order valence-corrected chi connectivity index (χ3v) is 5.51. The lowest BCUT2D eigenvalue weighted by Gasteiger charge is -2.15. The minimum atomic E-state index is -0.386. The molecule has 156 valence electrons. The lowest BCUT2D eigenvalue weighted by Crippen LogP contribution is -2.31. The first-order valence-corrected chi connectivity index (χ1v) is 10.3.